The summed E-state index contributed by atoms with van der Waals surface area (Å²) in [5.74, 6) is 0.428. The van der Waals surface area contributed by atoms with Crippen LogP contribution in [-0.4, -0.2) is 37.9 Å². The standard InChI is InChI=1S/C16H22F3NO3/c1-11-4-5-12(2)14(8-11)23-7-6-15(21)20-13(3)9-22-10-16(17,18)19/h4-5,8,13H,6-7,9-10H2,1-3H3,(H,20,21). The molecule has 1 atom stereocenters. The molecular formula is C16H22F3NO3. The monoisotopic (exact) mass is 333 g/mol. The van der Waals surface area contributed by atoms with Crippen molar-refractivity contribution in [1.29, 1.82) is 0 Å². The highest BCUT2D eigenvalue weighted by Gasteiger charge is 2.27. The molecule has 0 aliphatic heterocycles. The van der Waals surface area contributed by atoms with Crippen LogP contribution in [0.15, 0.2) is 18.2 Å². The van der Waals surface area contributed by atoms with Crippen LogP contribution in [0.25, 0.3) is 0 Å². The van der Waals surface area contributed by atoms with Gasteiger partial charge < -0.3 is 14.8 Å². The van der Waals surface area contributed by atoms with Crippen molar-refractivity contribution >= 4 is 5.91 Å². The number of ether oxygens (including phenoxy) is 2. The molecule has 1 aromatic rings. The van der Waals surface area contributed by atoms with Crippen LogP contribution < -0.4 is 10.1 Å². The van der Waals surface area contributed by atoms with Gasteiger partial charge in [0, 0.05) is 6.04 Å². The highest BCUT2D eigenvalue weighted by atomic mass is 19.4. The average Bonchev–Trinajstić information content (AvgIpc) is 2.41. The number of halogens is 3. The largest absolute Gasteiger partial charge is 0.493 e. The summed E-state index contributed by atoms with van der Waals surface area (Å²) in [6.45, 7) is 4.13. The Hall–Kier alpha value is -1.76. The predicted octanol–water partition coefficient (Wildman–Crippen LogP) is 3.16. The molecule has 0 aromatic heterocycles. The second-order valence-electron chi connectivity index (χ2n) is 5.47. The van der Waals surface area contributed by atoms with Crippen LogP contribution in [0, 0.1) is 13.8 Å². The van der Waals surface area contributed by atoms with Crippen molar-refractivity contribution in [3.05, 3.63) is 29.3 Å². The Kier molecular flexibility index (Phi) is 7.35. The number of carbonyl (C=O) groups is 1. The van der Waals surface area contributed by atoms with Crippen LogP contribution in [0.5, 0.6) is 5.75 Å². The molecule has 1 aromatic carbocycles. The normalized spacial score (nSPS) is 12.8. The molecule has 1 unspecified atom stereocenters. The molecule has 0 heterocycles. The lowest BCUT2D eigenvalue weighted by Gasteiger charge is -2.15. The number of nitrogens with one attached hydrogen (secondary N) is 1. The van der Waals surface area contributed by atoms with E-state index >= 15 is 0 Å². The van der Waals surface area contributed by atoms with E-state index in [1.165, 1.54) is 0 Å². The average molecular weight is 333 g/mol. The molecule has 0 aliphatic rings. The zero-order valence-electron chi connectivity index (χ0n) is 13.5. The van der Waals surface area contributed by atoms with Crippen LogP contribution in [0.2, 0.25) is 0 Å². The Morgan fingerprint density at radius 2 is 2.00 bits per heavy atom. The smallest absolute Gasteiger partial charge is 0.411 e. The SMILES string of the molecule is Cc1ccc(C)c(OCCC(=O)NC(C)COCC(F)(F)F)c1. The van der Waals surface area contributed by atoms with Gasteiger partial charge in [0.15, 0.2) is 0 Å². The van der Waals surface area contributed by atoms with Crippen molar-refractivity contribution in [2.45, 2.75) is 39.4 Å². The van der Waals surface area contributed by atoms with Crippen molar-refractivity contribution < 1.29 is 27.4 Å². The van der Waals surface area contributed by atoms with Crippen LogP contribution >= 0.6 is 0 Å². The van der Waals surface area contributed by atoms with Gasteiger partial charge in [-0.05, 0) is 38.0 Å². The van der Waals surface area contributed by atoms with E-state index in [4.69, 9.17) is 4.74 Å². The van der Waals surface area contributed by atoms with Crippen LogP contribution in [0.1, 0.15) is 24.5 Å². The lowest BCUT2D eigenvalue weighted by molar-refractivity contribution is -0.175. The van der Waals surface area contributed by atoms with Crippen molar-refractivity contribution in [2.24, 2.45) is 0 Å². The molecule has 0 spiro atoms. The van der Waals surface area contributed by atoms with Crippen LogP contribution in [0.4, 0.5) is 13.2 Å². The Morgan fingerprint density at radius 1 is 1.30 bits per heavy atom. The van der Waals surface area contributed by atoms with Gasteiger partial charge in [-0.1, -0.05) is 12.1 Å². The maximum Gasteiger partial charge on any atom is 0.411 e. The summed E-state index contributed by atoms with van der Waals surface area (Å²) in [6.07, 6.45) is -4.24. The molecule has 1 N–H and O–H groups in total. The first-order valence-electron chi connectivity index (χ1n) is 7.31. The molecule has 0 saturated carbocycles. The minimum absolute atomic E-state index is 0.122. The van der Waals surface area contributed by atoms with E-state index in [9.17, 15) is 18.0 Å². The first-order chi connectivity index (χ1) is 10.7. The molecule has 0 fully saturated rings. The zero-order valence-corrected chi connectivity index (χ0v) is 13.5. The predicted molar refractivity (Wildman–Crippen MR) is 80.5 cm³/mol. The van der Waals surface area contributed by atoms with Crippen molar-refractivity contribution in [2.75, 3.05) is 19.8 Å². The Balaban J connectivity index is 2.25. The van der Waals surface area contributed by atoms with Crippen molar-refractivity contribution in [1.82, 2.24) is 5.32 Å². The van der Waals surface area contributed by atoms with Gasteiger partial charge in [0.1, 0.15) is 12.4 Å². The Bertz CT molecular complexity index is 518. The molecule has 0 saturated heterocycles. The molecule has 1 amide bonds. The maximum absolute atomic E-state index is 11.9. The van der Waals surface area contributed by atoms with E-state index in [1.54, 1.807) is 6.92 Å². The van der Waals surface area contributed by atoms with Gasteiger partial charge in [-0.25, -0.2) is 0 Å². The van der Waals surface area contributed by atoms with Crippen molar-refractivity contribution in [3.8, 4) is 5.75 Å². The fourth-order valence-electron chi connectivity index (χ4n) is 1.86. The number of aryl methyl sites for hydroxylation is 2. The summed E-state index contributed by atoms with van der Waals surface area (Å²) in [5, 5.41) is 2.57. The number of alkyl halides is 3. The number of hydrogen-bond donors (Lipinski definition) is 1. The topological polar surface area (TPSA) is 47.6 Å². The summed E-state index contributed by atoms with van der Waals surface area (Å²) in [5.41, 5.74) is 2.04. The number of carbonyl (C=O) groups excluding carboxylic acids is 1. The lowest BCUT2D eigenvalue weighted by atomic mass is 10.1. The number of hydrogen-bond acceptors (Lipinski definition) is 3. The first kappa shape index (κ1) is 19.3. The second kappa shape index (κ2) is 8.76. The summed E-state index contributed by atoms with van der Waals surface area (Å²) in [6, 6.07) is 5.30. The van der Waals surface area contributed by atoms with E-state index in [1.807, 2.05) is 32.0 Å². The molecule has 0 radical (unpaired) electrons. The van der Waals surface area contributed by atoms with Gasteiger partial charge in [-0.3, -0.25) is 4.79 Å². The van der Waals surface area contributed by atoms with Gasteiger partial charge in [-0.15, -0.1) is 0 Å². The lowest BCUT2D eigenvalue weighted by Crippen LogP contribution is -2.37. The highest BCUT2D eigenvalue weighted by Crippen LogP contribution is 2.19. The minimum Gasteiger partial charge on any atom is -0.493 e. The quantitative estimate of drug-likeness (QED) is 0.795. The number of rotatable bonds is 8. The second-order valence-corrected chi connectivity index (χ2v) is 5.47. The highest BCUT2D eigenvalue weighted by molar-refractivity contribution is 5.76. The van der Waals surface area contributed by atoms with Crippen molar-refractivity contribution in [3.63, 3.8) is 0 Å². The minimum atomic E-state index is -4.36. The summed E-state index contributed by atoms with van der Waals surface area (Å²) in [7, 11) is 0. The molecule has 1 rings (SSSR count). The zero-order chi connectivity index (χ0) is 17.5. The third-order valence-corrected chi connectivity index (χ3v) is 2.97. The van der Waals surface area contributed by atoms with E-state index in [0.29, 0.717) is 0 Å². The maximum atomic E-state index is 11.9. The molecule has 0 bridgehead atoms. The molecule has 7 heteroatoms. The van der Waals surface area contributed by atoms with E-state index in [0.717, 1.165) is 16.9 Å². The van der Waals surface area contributed by atoms with E-state index in [-0.39, 0.29) is 25.5 Å². The van der Waals surface area contributed by atoms with E-state index < -0.39 is 18.8 Å². The first-order valence-corrected chi connectivity index (χ1v) is 7.31. The molecular weight excluding hydrogens is 311 g/mol. The van der Waals surface area contributed by atoms with Gasteiger partial charge >= 0.3 is 6.18 Å². The summed E-state index contributed by atoms with van der Waals surface area (Å²) in [4.78, 5) is 11.7. The van der Waals surface area contributed by atoms with Gasteiger partial charge in [0.25, 0.3) is 0 Å². The number of amides is 1. The molecule has 130 valence electrons. The summed E-state index contributed by atoms with van der Waals surface area (Å²) >= 11 is 0. The fourth-order valence-corrected chi connectivity index (χ4v) is 1.86. The molecule has 23 heavy (non-hydrogen) atoms. The van der Waals surface area contributed by atoms with Gasteiger partial charge in [0.2, 0.25) is 5.91 Å². The Labute approximate surface area is 134 Å². The number of benzene rings is 1. The van der Waals surface area contributed by atoms with Crippen LogP contribution in [0.3, 0.4) is 0 Å². The third-order valence-electron chi connectivity index (χ3n) is 2.97. The molecule has 0 aliphatic carbocycles. The van der Waals surface area contributed by atoms with Crippen LogP contribution in [-0.2, 0) is 9.53 Å². The van der Waals surface area contributed by atoms with Gasteiger partial charge in [-0.2, -0.15) is 13.2 Å². The van der Waals surface area contributed by atoms with E-state index in [2.05, 4.69) is 10.1 Å². The van der Waals surface area contributed by atoms with Gasteiger partial charge in [0.05, 0.1) is 19.6 Å². The fraction of sp³-hybridized carbons (Fsp3) is 0.562. The summed E-state index contributed by atoms with van der Waals surface area (Å²) < 4.78 is 45.8. The molecule has 4 nitrogen and oxygen atoms in total. The Morgan fingerprint density at radius 3 is 2.65 bits per heavy atom. The third kappa shape index (κ3) is 8.44.